The maximum absolute atomic E-state index is 8.92. The van der Waals surface area contributed by atoms with Gasteiger partial charge in [-0.2, -0.15) is 4.37 Å². The number of nitrogens with zero attached hydrogens (tertiary/aromatic N) is 3. The van der Waals surface area contributed by atoms with Gasteiger partial charge < -0.3 is 10.0 Å². The molecule has 0 aromatic carbocycles. The minimum absolute atomic E-state index is 0.289. The van der Waals surface area contributed by atoms with Crippen molar-refractivity contribution in [3.63, 3.8) is 0 Å². The van der Waals surface area contributed by atoms with Gasteiger partial charge in [0.1, 0.15) is 5.82 Å². The fourth-order valence-electron chi connectivity index (χ4n) is 2.29. The van der Waals surface area contributed by atoms with E-state index in [1.807, 2.05) is 0 Å². The lowest BCUT2D eigenvalue weighted by Crippen LogP contribution is -2.29. The second kappa shape index (κ2) is 5.78. The maximum atomic E-state index is 8.92. The van der Waals surface area contributed by atoms with Crippen LogP contribution in [0.2, 0.25) is 0 Å². The summed E-state index contributed by atoms with van der Waals surface area (Å²) in [6, 6.07) is 0.551. The molecule has 1 aromatic rings. The molecular formula is C12H21N3OS. The van der Waals surface area contributed by atoms with E-state index in [1.165, 1.54) is 24.4 Å². The van der Waals surface area contributed by atoms with Gasteiger partial charge in [-0.25, -0.2) is 4.98 Å². The van der Waals surface area contributed by atoms with Crippen LogP contribution in [-0.4, -0.2) is 33.7 Å². The Morgan fingerprint density at radius 1 is 1.53 bits per heavy atom. The van der Waals surface area contributed by atoms with Gasteiger partial charge in [-0.3, -0.25) is 0 Å². The van der Waals surface area contributed by atoms with Crippen molar-refractivity contribution in [3.05, 3.63) is 5.82 Å². The van der Waals surface area contributed by atoms with Crippen molar-refractivity contribution in [2.45, 2.75) is 51.5 Å². The van der Waals surface area contributed by atoms with Gasteiger partial charge in [-0.05, 0) is 25.7 Å². The molecule has 1 saturated heterocycles. The standard InChI is InChI=1S/C12H21N3OS/c1-9(2)11-13-12(17-14-11)15-7-3-5-10(15)6-4-8-16/h9-10,16H,3-8H2,1-2H3. The normalized spacial score (nSPS) is 20.5. The van der Waals surface area contributed by atoms with E-state index in [0.717, 1.165) is 30.3 Å². The zero-order chi connectivity index (χ0) is 12.3. The van der Waals surface area contributed by atoms with Gasteiger partial charge in [0.25, 0.3) is 0 Å². The summed E-state index contributed by atoms with van der Waals surface area (Å²) < 4.78 is 4.41. The molecule has 0 amide bonds. The van der Waals surface area contributed by atoms with Crippen molar-refractivity contribution in [3.8, 4) is 0 Å². The van der Waals surface area contributed by atoms with Crippen molar-refractivity contribution >= 4 is 16.7 Å². The Balaban J connectivity index is 2.03. The molecule has 4 nitrogen and oxygen atoms in total. The van der Waals surface area contributed by atoms with E-state index < -0.39 is 0 Å². The molecule has 96 valence electrons. The number of aromatic nitrogens is 2. The summed E-state index contributed by atoms with van der Waals surface area (Å²) in [5.74, 6) is 1.36. The van der Waals surface area contributed by atoms with Crippen LogP contribution in [0, 0.1) is 0 Å². The van der Waals surface area contributed by atoms with E-state index in [1.54, 1.807) is 0 Å². The molecule has 0 spiro atoms. The highest BCUT2D eigenvalue weighted by Gasteiger charge is 2.27. The first-order chi connectivity index (χ1) is 8.22. The molecule has 5 heteroatoms. The van der Waals surface area contributed by atoms with Gasteiger partial charge in [-0.15, -0.1) is 0 Å². The third-order valence-electron chi connectivity index (χ3n) is 3.27. The lowest BCUT2D eigenvalue weighted by atomic mass is 10.1. The number of hydrogen-bond acceptors (Lipinski definition) is 5. The molecule has 1 aliphatic heterocycles. The van der Waals surface area contributed by atoms with E-state index in [2.05, 4.69) is 28.1 Å². The van der Waals surface area contributed by atoms with Gasteiger partial charge in [0.15, 0.2) is 0 Å². The third-order valence-corrected chi connectivity index (χ3v) is 4.03. The van der Waals surface area contributed by atoms with Crippen molar-refractivity contribution in [1.29, 1.82) is 0 Å². The predicted octanol–water partition coefficient (Wildman–Crippen LogP) is 2.40. The third kappa shape index (κ3) is 2.96. The second-order valence-electron chi connectivity index (χ2n) is 4.95. The molecule has 0 bridgehead atoms. The number of rotatable bonds is 5. The Bertz CT molecular complexity index is 353. The van der Waals surface area contributed by atoms with E-state index in [9.17, 15) is 0 Å². The Morgan fingerprint density at radius 3 is 3.00 bits per heavy atom. The average molecular weight is 255 g/mol. The van der Waals surface area contributed by atoms with Crippen LogP contribution >= 0.6 is 11.5 Å². The quantitative estimate of drug-likeness (QED) is 0.877. The van der Waals surface area contributed by atoms with Crippen LogP contribution in [0.3, 0.4) is 0 Å². The first-order valence-electron chi connectivity index (χ1n) is 6.43. The van der Waals surface area contributed by atoms with E-state index in [-0.39, 0.29) is 6.61 Å². The van der Waals surface area contributed by atoms with Crippen molar-refractivity contribution < 1.29 is 5.11 Å². The molecule has 1 aliphatic rings. The van der Waals surface area contributed by atoms with E-state index in [0.29, 0.717) is 12.0 Å². The average Bonchev–Trinajstić information content (AvgIpc) is 2.94. The van der Waals surface area contributed by atoms with Crippen LogP contribution < -0.4 is 4.90 Å². The van der Waals surface area contributed by atoms with Crippen LogP contribution in [0.25, 0.3) is 0 Å². The van der Waals surface area contributed by atoms with Crippen LogP contribution in [0.4, 0.5) is 5.13 Å². The molecule has 0 saturated carbocycles. The van der Waals surface area contributed by atoms with Gasteiger partial charge in [0.05, 0.1) is 0 Å². The van der Waals surface area contributed by atoms with Gasteiger partial charge in [0, 0.05) is 36.6 Å². The summed E-state index contributed by atoms with van der Waals surface area (Å²) in [4.78, 5) is 7.00. The highest BCUT2D eigenvalue weighted by molar-refractivity contribution is 7.09. The molecule has 1 N–H and O–H groups in total. The SMILES string of the molecule is CC(C)c1nsc(N2CCCC2CCCO)n1. The largest absolute Gasteiger partial charge is 0.396 e. The molecule has 0 radical (unpaired) electrons. The topological polar surface area (TPSA) is 49.2 Å². The van der Waals surface area contributed by atoms with E-state index >= 15 is 0 Å². The lowest BCUT2D eigenvalue weighted by molar-refractivity contribution is 0.279. The highest BCUT2D eigenvalue weighted by atomic mass is 32.1. The summed E-state index contributed by atoms with van der Waals surface area (Å²) in [5, 5.41) is 9.98. The monoisotopic (exact) mass is 255 g/mol. The zero-order valence-electron chi connectivity index (χ0n) is 10.6. The van der Waals surface area contributed by atoms with Crippen LogP contribution in [0.1, 0.15) is 51.3 Å². The maximum Gasteiger partial charge on any atom is 0.205 e. The van der Waals surface area contributed by atoms with Gasteiger partial charge in [-0.1, -0.05) is 13.8 Å². The van der Waals surface area contributed by atoms with Crippen molar-refractivity contribution in [2.75, 3.05) is 18.1 Å². The summed E-state index contributed by atoms with van der Waals surface area (Å²) in [7, 11) is 0. The van der Waals surface area contributed by atoms with Crippen molar-refractivity contribution in [2.24, 2.45) is 0 Å². The number of anilines is 1. The van der Waals surface area contributed by atoms with Crippen LogP contribution in [-0.2, 0) is 0 Å². The molecule has 2 heterocycles. The van der Waals surface area contributed by atoms with Crippen LogP contribution in [0.5, 0.6) is 0 Å². The Morgan fingerprint density at radius 2 is 2.35 bits per heavy atom. The second-order valence-corrected chi connectivity index (χ2v) is 5.68. The summed E-state index contributed by atoms with van der Waals surface area (Å²) >= 11 is 1.51. The molecule has 1 unspecified atom stereocenters. The molecule has 1 fully saturated rings. The number of aliphatic hydroxyl groups excluding tert-OH is 1. The molecule has 2 rings (SSSR count). The molecule has 1 atom stereocenters. The molecular weight excluding hydrogens is 234 g/mol. The molecule has 17 heavy (non-hydrogen) atoms. The van der Waals surface area contributed by atoms with Gasteiger partial charge in [0.2, 0.25) is 5.13 Å². The predicted molar refractivity (Wildman–Crippen MR) is 70.7 cm³/mol. The first-order valence-corrected chi connectivity index (χ1v) is 7.21. The Labute approximate surface area is 107 Å². The molecule has 1 aromatic heterocycles. The Kier molecular flexibility index (Phi) is 4.34. The van der Waals surface area contributed by atoms with Crippen molar-refractivity contribution in [1.82, 2.24) is 9.36 Å². The van der Waals surface area contributed by atoms with Crippen LogP contribution in [0.15, 0.2) is 0 Å². The lowest BCUT2D eigenvalue weighted by Gasteiger charge is -2.23. The number of aliphatic hydroxyl groups is 1. The summed E-state index contributed by atoms with van der Waals surface area (Å²) in [5.41, 5.74) is 0. The minimum atomic E-state index is 0.289. The molecule has 0 aliphatic carbocycles. The van der Waals surface area contributed by atoms with Gasteiger partial charge >= 0.3 is 0 Å². The fourth-order valence-corrected chi connectivity index (χ4v) is 3.20. The highest BCUT2D eigenvalue weighted by Crippen LogP contribution is 2.30. The Hall–Kier alpha value is -0.680. The minimum Gasteiger partial charge on any atom is -0.396 e. The smallest absolute Gasteiger partial charge is 0.205 e. The first kappa shape index (κ1) is 12.8. The fraction of sp³-hybridized carbons (Fsp3) is 0.833. The number of hydrogen-bond donors (Lipinski definition) is 1. The zero-order valence-corrected chi connectivity index (χ0v) is 11.4. The van der Waals surface area contributed by atoms with E-state index in [4.69, 9.17) is 5.11 Å². The summed E-state index contributed by atoms with van der Waals surface area (Å²) in [6.45, 7) is 5.62. The summed E-state index contributed by atoms with van der Waals surface area (Å²) in [6.07, 6.45) is 4.40.